The molecule has 0 aliphatic rings. The van der Waals surface area contributed by atoms with Gasteiger partial charge in [-0.15, -0.1) is 11.6 Å². The first-order valence-electron chi connectivity index (χ1n) is 9.99. The van der Waals surface area contributed by atoms with Gasteiger partial charge in [-0.2, -0.15) is 5.10 Å². The molecular weight excluding hydrogens is 418 g/mol. The quantitative estimate of drug-likeness (QED) is 0.195. The molecule has 168 valence electrons. The smallest absolute Gasteiger partial charge is 0.452 e. The lowest BCUT2D eigenvalue weighted by Gasteiger charge is -2.21. The Hall–Kier alpha value is -2.80. The van der Waals surface area contributed by atoms with Crippen molar-refractivity contribution in [1.29, 1.82) is 5.41 Å². The fraction of sp³-hybridized carbons (Fsp3) is 0.435. The van der Waals surface area contributed by atoms with Crippen molar-refractivity contribution in [2.45, 2.75) is 46.3 Å². The highest BCUT2D eigenvalue weighted by molar-refractivity contribution is 6.18. The molecule has 0 saturated heterocycles. The van der Waals surface area contributed by atoms with Crippen LogP contribution in [0.3, 0.4) is 0 Å². The second kappa shape index (κ2) is 10.5. The van der Waals surface area contributed by atoms with E-state index in [0.29, 0.717) is 17.0 Å². The maximum Gasteiger partial charge on any atom is 0.511 e. The van der Waals surface area contributed by atoms with Gasteiger partial charge >= 0.3 is 6.16 Å². The molecule has 2 rings (SSSR count). The first-order valence-corrected chi connectivity index (χ1v) is 10.5. The van der Waals surface area contributed by atoms with E-state index < -0.39 is 12.4 Å². The number of rotatable bonds is 8. The van der Waals surface area contributed by atoms with Crippen molar-refractivity contribution in [1.82, 2.24) is 9.78 Å². The largest absolute Gasteiger partial charge is 0.511 e. The van der Waals surface area contributed by atoms with Crippen LogP contribution in [0.2, 0.25) is 0 Å². The predicted molar refractivity (Wildman–Crippen MR) is 122 cm³/mol. The summed E-state index contributed by atoms with van der Waals surface area (Å²) in [5.74, 6) is 0.547. The summed E-state index contributed by atoms with van der Waals surface area (Å²) in [4.78, 5) is 11.8. The van der Waals surface area contributed by atoms with Crippen molar-refractivity contribution < 1.29 is 19.0 Å². The van der Waals surface area contributed by atoms with E-state index in [-0.39, 0.29) is 17.9 Å². The van der Waals surface area contributed by atoms with Crippen molar-refractivity contribution in [2.75, 3.05) is 12.5 Å². The second-order valence-electron chi connectivity index (χ2n) is 8.10. The Bertz CT molecular complexity index is 943. The third kappa shape index (κ3) is 6.59. The first kappa shape index (κ1) is 24.5. The summed E-state index contributed by atoms with van der Waals surface area (Å²) in [5, 5.41) is 12.4. The summed E-state index contributed by atoms with van der Waals surface area (Å²) in [6.45, 7) is 9.92. The van der Waals surface area contributed by atoms with E-state index in [0.717, 1.165) is 11.3 Å². The van der Waals surface area contributed by atoms with Crippen LogP contribution in [0.5, 0.6) is 0 Å². The molecule has 8 heteroatoms. The van der Waals surface area contributed by atoms with Gasteiger partial charge in [0.05, 0.1) is 11.6 Å². The lowest BCUT2D eigenvalue weighted by molar-refractivity contribution is -0.0658. The highest BCUT2D eigenvalue weighted by atomic mass is 35.5. The molecule has 1 heterocycles. The van der Waals surface area contributed by atoms with Gasteiger partial charge in [-0.05, 0) is 29.5 Å². The summed E-state index contributed by atoms with van der Waals surface area (Å²) in [6, 6.07) is 9.82. The number of halogens is 1. The van der Waals surface area contributed by atoms with Crippen molar-refractivity contribution >= 4 is 35.3 Å². The Labute approximate surface area is 188 Å². The van der Waals surface area contributed by atoms with Crippen molar-refractivity contribution in [3.63, 3.8) is 0 Å². The predicted octanol–water partition coefficient (Wildman–Crippen LogP) is 5.30. The van der Waals surface area contributed by atoms with Crippen LogP contribution in [0.15, 0.2) is 30.3 Å². The minimum absolute atomic E-state index is 0.0112. The molecule has 0 aliphatic carbocycles. The van der Waals surface area contributed by atoms with E-state index in [4.69, 9.17) is 31.2 Å². The molecule has 0 fully saturated rings. The lowest BCUT2D eigenvalue weighted by Crippen LogP contribution is -2.20. The number of carbonyl (C=O) groups excluding carboxylic acids is 1. The Morgan fingerprint density at radius 3 is 2.39 bits per heavy atom. The zero-order valence-corrected chi connectivity index (χ0v) is 19.6. The van der Waals surface area contributed by atoms with E-state index in [9.17, 15) is 4.79 Å². The van der Waals surface area contributed by atoms with E-state index in [1.165, 1.54) is 11.8 Å². The molecule has 1 atom stereocenters. The number of benzene rings is 1. The van der Waals surface area contributed by atoms with Crippen LogP contribution in [-0.4, -0.2) is 40.9 Å². The topological polar surface area (TPSA) is 86.4 Å². The molecule has 0 amide bonds. The molecule has 2 aromatic rings. The molecule has 1 aromatic heterocycles. The third-order valence-electron chi connectivity index (χ3n) is 4.53. The highest BCUT2D eigenvalue weighted by Crippen LogP contribution is 2.30. The average Bonchev–Trinajstić information content (AvgIpc) is 3.03. The van der Waals surface area contributed by atoms with Crippen LogP contribution in [0.25, 0.3) is 11.3 Å². The molecule has 1 unspecified atom stereocenters. The molecular formula is C23H30ClN3O4. The monoisotopic (exact) mass is 447 g/mol. The number of carbonyl (C=O) groups is 1. The van der Waals surface area contributed by atoms with Crippen molar-refractivity contribution in [3.8, 4) is 0 Å². The number of nitrogens with one attached hydrogen (secondary N) is 1. The molecule has 7 nitrogen and oxygen atoms in total. The highest BCUT2D eigenvalue weighted by Gasteiger charge is 2.22. The van der Waals surface area contributed by atoms with Gasteiger partial charge in [0, 0.05) is 25.8 Å². The SMILES string of the molecule is Cc1cc(/C(OC(C)OC(=O)OCCCl)=C(\C=N)c2ccc(C(C)(C)C)cc2)n(C)n1. The number of alkyl halides is 1. The minimum Gasteiger partial charge on any atom is -0.452 e. The Morgan fingerprint density at radius 2 is 1.90 bits per heavy atom. The summed E-state index contributed by atoms with van der Waals surface area (Å²) in [5.41, 5.74) is 3.97. The fourth-order valence-electron chi connectivity index (χ4n) is 3.00. The zero-order valence-electron chi connectivity index (χ0n) is 18.9. The van der Waals surface area contributed by atoms with Crippen LogP contribution < -0.4 is 0 Å². The Balaban J connectivity index is 2.46. The number of allylic oxidation sites excluding steroid dienone is 1. The average molecular weight is 448 g/mol. The summed E-state index contributed by atoms with van der Waals surface area (Å²) >= 11 is 5.53. The molecule has 0 aliphatic heterocycles. The van der Waals surface area contributed by atoms with Crippen molar-refractivity contribution in [3.05, 3.63) is 52.8 Å². The number of hydrogen-bond acceptors (Lipinski definition) is 6. The second-order valence-corrected chi connectivity index (χ2v) is 8.48. The Kier molecular flexibility index (Phi) is 8.28. The summed E-state index contributed by atoms with van der Waals surface area (Å²) in [7, 11) is 1.79. The van der Waals surface area contributed by atoms with Crippen LogP contribution in [-0.2, 0) is 26.7 Å². The zero-order chi connectivity index (χ0) is 23.2. The number of hydrogen-bond donors (Lipinski definition) is 1. The van der Waals surface area contributed by atoms with Gasteiger partial charge in [-0.1, -0.05) is 45.0 Å². The molecule has 31 heavy (non-hydrogen) atoms. The molecule has 0 spiro atoms. The van der Waals surface area contributed by atoms with E-state index in [2.05, 4.69) is 25.9 Å². The fourth-order valence-corrected chi connectivity index (χ4v) is 3.07. The van der Waals surface area contributed by atoms with Gasteiger partial charge in [-0.3, -0.25) is 4.68 Å². The van der Waals surface area contributed by atoms with Crippen LogP contribution in [0.1, 0.15) is 50.2 Å². The van der Waals surface area contributed by atoms with Gasteiger partial charge in [0.15, 0.2) is 5.76 Å². The minimum atomic E-state index is -0.961. The summed E-state index contributed by atoms with van der Waals surface area (Å²) in [6.07, 6.45) is -0.612. The standard InChI is InChI=1S/C23H30ClN3O4/c1-15-13-20(27(6)26-15)21(30-16(2)31-22(28)29-12-11-24)19(14-25)17-7-9-18(10-8-17)23(3,4)5/h7-10,13-14,16,25H,11-12H2,1-6H3/b21-19-,25-14?. The molecule has 1 N–H and O–H groups in total. The van der Waals surface area contributed by atoms with E-state index in [1.54, 1.807) is 18.7 Å². The van der Waals surface area contributed by atoms with Gasteiger partial charge in [0.1, 0.15) is 12.3 Å². The van der Waals surface area contributed by atoms with Crippen LogP contribution in [0.4, 0.5) is 4.79 Å². The van der Waals surface area contributed by atoms with Gasteiger partial charge in [0.2, 0.25) is 6.29 Å². The maximum atomic E-state index is 11.8. The number of aromatic nitrogens is 2. The molecule has 0 bridgehead atoms. The van der Waals surface area contributed by atoms with Gasteiger partial charge in [-0.25, -0.2) is 4.79 Å². The third-order valence-corrected chi connectivity index (χ3v) is 4.68. The van der Waals surface area contributed by atoms with Crippen LogP contribution >= 0.6 is 11.6 Å². The van der Waals surface area contributed by atoms with Gasteiger partial charge in [0.25, 0.3) is 0 Å². The van der Waals surface area contributed by atoms with Crippen molar-refractivity contribution in [2.24, 2.45) is 7.05 Å². The molecule has 0 saturated carbocycles. The number of ether oxygens (including phenoxy) is 3. The summed E-state index contributed by atoms with van der Waals surface area (Å²) < 4.78 is 17.7. The van der Waals surface area contributed by atoms with Gasteiger partial charge < -0.3 is 19.6 Å². The Morgan fingerprint density at radius 1 is 1.26 bits per heavy atom. The number of aryl methyl sites for hydroxylation is 2. The lowest BCUT2D eigenvalue weighted by atomic mass is 9.86. The van der Waals surface area contributed by atoms with Crippen LogP contribution in [0, 0.1) is 12.3 Å². The maximum absolute atomic E-state index is 11.8. The normalized spacial score (nSPS) is 13.3. The van der Waals surface area contributed by atoms with E-state index in [1.807, 2.05) is 37.3 Å². The van der Waals surface area contributed by atoms with E-state index >= 15 is 0 Å². The molecule has 0 radical (unpaired) electrons. The number of nitrogens with zero attached hydrogens (tertiary/aromatic N) is 2. The molecule has 1 aromatic carbocycles. The first-order chi connectivity index (χ1) is 14.6.